The Morgan fingerprint density at radius 3 is 2.91 bits per heavy atom. The molecule has 164 valence electrons. The third-order valence-corrected chi connectivity index (χ3v) is 5.06. The maximum atomic E-state index is 11.5. The smallest absolute Gasteiger partial charge is 0.311 e. The van der Waals surface area contributed by atoms with Gasteiger partial charge in [0, 0.05) is 10.9 Å². The van der Waals surface area contributed by atoms with Crippen LogP contribution in [-0.2, 0) is 22.6 Å². The highest BCUT2D eigenvalue weighted by Crippen LogP contribution is 2.28. The lowest BCUT2D eigenvalue weighted by molar-refractivity contribution is -0.142. The zero-order valence-electron chi connectivity index (χ0n) is 17.7. The Bertz CT molecular complexity index is 1140. The molecule has 0 unspecified atom stereocenters. The van der Waals surface area contributed by atoms with E-state index in [4.69, 9.17) is 14.2 Å². The van der Waals surface area contributed by atoms with Crippen LogP contribution in [0.3, 0.4) is 0 Å². The van der Waals surface area contributed by atoms with Crippen molar-refractivity contribution in [2.75, 3.05) is 19.1 Å². The Morgan fingerprint density at radius 2 is 2.12 bits per heavy atom. The summed E-state index contributed by atoms with van der Waals surface area (Å²) in [7, 11) is 1.56. The fourth-order valence-electron chi connectivity index (χ4n) is 2.76. The van der Waals surface area contributed by atoms with Gasteiger partial charge in [0.05, 0.1) is 43.7 Å². The maximum absolute atomic E-state index is 11.5. The van der Waals surface area contributed by atoms with Gasteiger partial charge >= 0.3 is 5.97 Å². The van der Waals surface area contributed by atoms with Gasteiger partial charge in [0.15, 0.2) is 11.5 Å². The summed E-state index contributed by atoms with van der Waals surface area (Å²) in [5.41, 5.74) is 5.66. The van der Waals surface area contributed by atoms with Crippen LogP contribution in [0.5, 0.6) is 11.5 Å². The van der Waals surface area contributed by atoms with Crippen LogP contribution >= 0.6 is 11.3 Å². The molecule has 1 N–H and O–H groups in total. The first kappa shape index (κ1) is 22.8. The summed E-state index contributed by atoms with van der Waals surface area (Å²) in [5.74, 6) is 0.807. The Balaban J connectivity index is 1.60. The molecule has 0 bridgehead atoms. The molecule has 0 saturated heterocycles. The molecule has 8 nitrogen and oxygen atoms in total. The van der Waals surface area contributed by atoms with Gasteiger partial charge < -0.3 is 14.2 Å². The summed E-state index contributed by atoms with van der Waals surface area (Å²) in [4.78, 5) is 15.8. The minimum atomic E-state index is -0.307. The Kier molecular flexibility index (Phi) is 8.17. The third-order valence-electron chi connectivity index (χ3n) is 4.27. The number of ether oxygens (including phenoxy) is 3. The third kappa shape index (κ3) is 6.30. The first-order valence-electron chi connectivity index (χ1n) is 9.81. The zero-order chi connectivity index (χ0) is 22.8. The molecule has 9 heteroatoms. The van der Waals surface area contributed by atoms with Crippen molar-refractivity contribution in [3.63, 3.8) is 0 Å². The number of anilines is 1. The topological polar surface area (TPSA) is 106 Å². The maximum Gasteiger partial charge on any atom is 0.311 e. The number of esters is 1. The van der Waals surface area contributed by atoms with Crippen LogP contribution in [0, 0.1) is 11.3 Å². The van der Waals surface area contributed by atoms with Gasteiger partial charge in [-0.1, -0.05) is 18.2 Å². The highest BCUT2D eigenvalue weighted by atomic mass is 32.1. The van der Waals surface area contributed by atoms with Crippen LogP contribution in [0.1, 0.15) is 29.3 Å². The summed E-state index contributed by atoms with van der Waals surface area (Å²) >= 11 is 1.35. The normalized spacial score (nSPS) is 10.5. The Labute approximate surface area is 190 Å². The van der Waals surface area contributed by atoms with Crippen LogP contribution in [0.2, 0.25) is 0 Å². The molecule has 0 saturated carbocycles. The molecule has 0 aliphatic rings. The number of nitrogens with one attached hydrogen (secondary N) is 1. The highest BCUT2D eigenvalue weighted by molar-refractivity contribution is 7.13. The van der Waals surface area contributed by atoms with E-state index in [1.54, 1.807) is 43.8 Å². The van der Waals surface area contributed by atoms with E-state index in [0.717, 1.165) is 11.1 Å². The summed E-state index contributed by atoms with van der Waals surface area (Å²) in [6.07, 6.45) is 1.76. The predicted molar refractivity (Wildman–Crippen MR) is 122 cm³/mol. The van der Waals surface area contributed by atoms with E-state index in [1.165, 1.54) is 11.3 Å². The molecule has 0 aliphatic heterocycles. The number of hydrogen-bond acceptors (Lipinski definition) is 9. The van der Waals surface area contributed by atoms with E-state index < -0.39 is 0 Å². The molecule has 2 aromatic carbocycles. The van der Waals surface area contributed by atoms with Gasteiger partial charge in [0.1, 0.15) is 6.61 Å². The second-order valence-corrected chi connectivity index (χ2v) is 7.32. The molecule has 0 spiro atoms. The van der Waals surface area contributed by atoms with Crippen molar-refractivity contribution in [1.29, 1.82) is 5.26 Å². The van der Waals surface area contributed by atoms with Crippen molar-refractivity contribution in [2.24, 2.45) is 5.10 Å². The lowest BCUT2D eigenvalue weighted by Crippen LogP contribution is -2.07. The molecule has 1 heterocycles. The number of nitriles is 1. The number of carbonyl (C=O) groups excluding carboxylic acids is 1. The predicted octanol–water partition coefficient (Wildman–Crippen LogP) is 4.15. The number of carbonyl (C=O) groups is 1. The van der Waals surface area contributed by atoms with Gasteiger partial charge in [-0.25, -0.2) is 4.98 Å². The monoisotopic (exact) mass is 450 g/mol. The number of nitrogens with zero attached hydrogens (tertiary/aromatic N) is 3. The summed E-state index contributed by atoms with van der Waals surface area (Å²) in [6, 6.07) is 14.9. The van der Waals surface area contributed by atoms with Crippen LogP contribution in [0.4, 0.5) is 5.13 Å². The van der Waals surface area contributed by atoms with Gasteiger partial charge in [-0.05, 0) is 36.8 Å². The minimum Gasteiger partial charge on any atom is -0.493 e. The van der Waals surface area contributed by atoms with Gasteiger partial charge in [-0.15, -0.1) is 11.3 Å². The van der Waals surface area contributed by atoms with Crippen molar-refractivity contribution in [3.8, 4) is 17.6 Å². The lowest BCUT2D eigenvalue weighted by atomic mass is 10.1. The van der Waals surface area contributed by atoms with E-state index in [2.05, 4.69) is 21.6 Å². The molecular formula is C23H22N4O4S. The average Bonchev–Trinajstić information content (AvgIpc) is 3.25. The van der Waals surface area contributed by atoms with Crippen LogP contribution in [0.15, 0.2) is 52.9 Å². The molecule has 0 aliphatic carbocycles. The molecule has 0 radical (unpaired) electrons. The number of hydrazone groups is 1. The number of rotatable bonds is 10. The van der Waals surface area contributed by atoms with Crippen molar-refractivity contribution in [2.45, 2.75) is 20.0 Å². The van der Waals surface area contributed by atoms with Gasteiger partial charge in [-0.2, -0.15) is 10.4 Å². The highest BCUT2D eigenvalue weighted by Gasteiger charge is 2.09. The number of hydrogen-bond donors (Lipinski definition) is 1. The van der Waals surface area contributed by atoms with E-state index in [9.17, 15) is 10.1 Å². The van der Waals surface area contributed by atoms with Crippen molar-refractivity contribution in [3.05, 3.63) is 70.2 Å². The lowest BCUT2D eigenvalue weighted by Gasteiger charge is -2.12. The summed E-state index contributed by atoms with van der Waals surface area (Å²) in [5, 5.41) is 15.7. The second kappa shape index (κ2) is 11.5. The number of thiazole rings is 1. The number of methoxy groups -OCH3 is 1. The fourth-order valence-corrected chi connectivity index (χ4v) is 3.41. The quantitative estimate of drug-likeness (QED) is 0.281. The Hall–Kier alpha value is -3.90. The van der Waals surface area contributed by atoms with Crippen molar-refractivity contribution < 1.29 is 19.0 Å². The molecular weight excluding hydrogens is 428 g/mol. The van der Waals surface area contributed by atoms with Gasteiger partial charge in [-0.3, -0.25) is 10.2 Å². The van der Waals surface area contributed by atoms with Crippen molar-refractivity contribution >= 4 is 28.7 Å². The van der Waals surface area contributed by atoms with E-state index >= 15 is 0 Å². The summed E-state index contributed by atoms with van der Waals surface area (Å²) < 4.78 is 16.2. The number of aromatic nitrogens is 1. The van der Waals surface area contributed by atoms with E-state index in [0.29, 0.717) is 34.5 Å². The summed E-state index contributed by atoms with van der Waals surface area (Å²) in [6.45, 7) is 2.37. The molecule has 0 atom stereocenters. The molecule has 32 heavy (non-hydrogen) atoms. The SMILES string of the molecule is CCOC(=O)Cc1csc(NN=Cc2ccc(OCc3ccccc3C#N)c(OC)c2)n1. The first-order chi connectivity index (χ1) is 15.6. The van der Waals surface area contributed by atoms with E-state index in [1.807, 2.05) is 24.3 Å². The molecule has 3 aromatic rings. The zero-order valence-corrected chi connectivity index (χ0v) is 18.5. The molecule has 0 amide bonds. The molecule has 0 fully saturated rings. The molecule has 1 aromatic heterocycles. The Morgan fingerprint density at radius 1 is 1.28 bits per heavy atom. The minimum absolute atomic E-state index is 0.132. The molecule has 3 rings (SSSR count). The van der Waals surface area contributed by atoms with Gasteiger partial charge in [0.2, 0.25) is 5.13 Å². The van der Waals surface area contributed by atoms with Crippen LogP contribution in [0.25, 0.3) is 0 Å². The van der Waals surface area contributed by atoms with Gasteiger partial charge in [0.25, 0.3) is 0 Å². The van der Waals surface area contributed by atoms with E-state index in [-0.39, 0.29) is 19.0 Å². The largest absolute Gasteiger partial charge is 0.493 e. The first-order valence-corrected chi connectivity index (χ1v) is 10.7. The number of benzene rings is 2. The van der Waals surface area contributed by atoms with Crippen molar-refractivity contribution in [1.82, 2.24) is 4.98 Å². The average molecular weight is 451 g/mol. The second-order valence-electron chi connectivity index (χ2n) is 6.46. The standard InChI is InChI=1S/C23H22N4O4S/c1-3-30-22(28)11-19-15-32-23(26-19)27-25-13-16-8-9-20(21(10-16)29-2)31-14-18-7-5-4-6-17(18)12-24/h4-10,13,15H,3,11,14H2,1-2H3,(H,26,27). The van der Waals surface area contributed by atoms with Crippen LogP contribution < -0.4 is 14.9 Å². The fraction of sp³-hybridized carbons (Fsp3) is 0.217. The van der Waals surface area contributed by atoms with Crippen LogP contribution in [-0.4, -0.2) is 30.9 Å².